The van der Waals surface area contributed by atoms with Crippen LogP contribution in [0.1, 0.15) is 43.6 Å². The van der Waals surface area contributed by atoms with Crippen molar-refractivity contribution in [2.45, 2.75) is 39.2 Å². The standard InChI is InChI=1S/C19H25N5O2S/c1-11-7-6-10-15(12(11)2)20-19(27)22-21-17(25)16-13-8-4-5-9-14(13)18(26)24(3)23-16/h4-5,8-9,11-12,15H,6-7,10H2,1-3H3,(H,21,25)(H2,20,22,27)/t11-,12+,15+/m0/s1. The molecule has 1 aromatic carbocycles. The number of nitrogens with one attached hydrogen (secondary N) is 3. The first kappa shape index (κ1) is 19.3. The van der Waals surface area contributed by atoms with Gasteiger partial charge in [-0.3, -0.25) is 20.4 Å². The van der Waals surface area contributed by atoms with E-state index in [4.69, 9.17) is 12.2 Å². The van der Waals surface area contributed by atoms with E-state index < -0.39 is 5.91 Å². The molecular formula is C19H25N5O2S. The number of rotatable bonds is 2. The highest BCUT2D eigenvalue weighted by atomic mass is 32.1. The zero-order valence-corrected chi connectivity index (χ0v) is 16.6. The van der Waals surface area contributed by atoms with E-state index >= 15 is 0 Å². The van der Waals surface area contributed by atoms with Crippen molar-refractivity contribution in [1.82, 2.24) is 25.9 Å². The summed E-state index contributed by atoms with van der Waals surface area (Å²) in [5.41, 5.74) is 5.26. The predicted molar refractivity (Wildman–Crippen MR) is 109 cm³/mol. The monoisotopic (exact) mass is 387 g/mol. The summed E-state index contributed by atoms with van der Waals surface area (Å²) in [5, 5.41) is 8.73. The summed E-state index contributed by atoms with van der Waals surface area (Å²) in [4.78, 5) is 24.8. The Bertz CT molecular complexity index is 926. The van der Waals surface area contributed by atoms with Crippen LogP contribution in [-0.2, 0) is 7.05 Å². The summed E-state index contributed by atoms with van der Waals surface area (Å²) >= 11 is 5.32. The van der Waals surface area contributed by atoms with Crippen molar-refractivity contribution in [2.75, 3.05) is 0 Å². The molecule has 3 N–H and O–H groups in total. The number of hydrazine groups is 1. The minimum Gasteiger partial charge on any atom is -0.358 e. The molecule has 144 valence electrons. The Kier molecular flexibility index (Phi) is 5.74. The fraction of sp³-hybridized carbons (Fsp3) is 0.474. The summed E-state index contributed by atoms with van der Waals surface area (Å²) in [5.74, 6) is 0.717. The van der Waals surface area contributed by atoms with Gasteiger partial charge in [0.2, 0.25) is 0 Å². The van der Waals surface area contributed by atoms with Crippen molar-refractivity contribution in [3.05, 3.63) is 40.3 Å². The number of hydrogen-bond donors (Lipinski definition) is 3. The highest BCUT2D eigenvalue weighted by Crippen LogP contribution is 2.29. The average molecular weight is 388 g/mol. The molecular weight excluding hydrogens is 362 g/mol. The summed E-state index contributed by atoms with van der Waals surface area (Å²) in [7, 11) is 1.52. The first-order chi connectivity index (χ1) is 12.9. The summed E-state index contributed by atoms with van der Waals surface area (Å²) in [6, 6.07) is 7.21. The molecule has 2 aromatic rings. The van der Waals surface area contributed by atoms with Crippen LogP contribution in [0.4, 0.5) is 0 Å². The van der Waals surface area contributed by atoms with Gasteiger partial charge in [0, 0.05) is 18.5 Å². The number of thiocarbonyl (C=S) groups is 1. The van der Waals surface area contributed by atoms with Crippen LogP contribution in [0.25, 0.3) is 10.8 Å². The number of benzene rings is 1. The van der Waals surface area contributed by atoms with E-state index in [-0.39, 0.29) is 11.3 Å². The minimum absolute atomic E-state index is 0.169. The maximum Gasteiger partial charge on any atom is 0.290 e. The summed E-state index contributed by atoms with van der Waals surface area (Å²) < 4.78 is 1.17. The topological polar surface area (TPSA) is 88.0 Å². The zero-order chi connectivity index (χ0) is 19.6. The highest BCUT2D eigenvalue weighted by Gasteiger charge is 2.27. The molecule has 1 amide bonds. The van der Waals surface area contributed by atoms with Crippen molar-refractivity contribution in [3.8, 4) is 0 Å². The van der Waals surface area contributed by atoms with E-state index in [1.54, 1.807) is 24.3 Å². The van der Waals surface area contributed by atoms with Crippen LogP contribution in [0.15, 0.2) is 29.1 Å². The Labute approximate surface area is 163 Å². The maximum absolute atomic E-state index is 12.6. The normalized spacial score (nSPS) is 22.3. The Balaban J connectivity index is 1.68. The molecule has 0 aliphatic heterocycles. The lowest BCUT2D eigenvalue weighted by atomic mass is 9.78. The van der Waals surface area contributed by atoms with Crippen molar-refractivity contribution < 1.29 is 4.79 Å². The lowest BCUT2D eigenvalue weighted by Crippen LogP contribution is -2.52. The highest BCUT2D eigenvalue weighted by molar-refractivity contribution is 7.80. The number of aromatic nitrogens is 2. The number of carbonyl (C=O) groups excluding carboxylic acids is 1. The Hall–Kier alpha value is -2.48. The maximum atomic E-state index is 12.6. The summed E-state index contributed by atoms with van der Waals surface area (Å²) in [6.45, 7) is 4.48. The fourth-order valence-corrected chi connectivity index (χ4v) is 3.83. The number of nitrogens with zero attached hydrogens (tertiary/aromatic N) is 2. The predicted octanol–water partition coefficient (Wildman–Crippen LogP) is 1.87. The van der Waals surface area contributed by atoms with Gasteiger partial charge in [-0.25, -0.2) is 4.68 Å². The van der Waals surface area contributed by atoms with E-state index in [2.05, 4.69) is 35.1 Å². The van der Waals surface area contributed by atoms with Crippen LogP contribution in [0.3, 0.4) is 0 Å². The molecule has 8 heteroatoms. The van der Waals surface area contributed by atoms with Crippen molar-refractivity contribution in [2.24, 2.45) is 18.9 Å². The van der Waals surface area contributed by atoms with Crippen LogP contribution < -0.4 is 21.7 Å². The van der Waals surface area contributed by atoms with E-state index in [9.17, 15) is 9.59 Å². The van der Waals surface area contributed by atoms with E-state index in [0.717, 1.165) is 6.42 Å². The van der Waals surface area contributed by atoms with Gasteiger partial charge in [-0.1, -0.05) is 44.9 Å². The van der Waals surface area contributed by atoms with Crippen LogP contribution in [-0.4, -0.2) is 26.8 Å². The van der Waals surface area contributed by atoms with Crippen molar-refractivity contribution in [1.29, 1.82) is 0 Å². The van der Waals surface area contributed by atoms with E-state index in [0.29, 0.717) is 33.8 Å². The van der Waals surface area contributed by atoms with Crippen LogP contribution in [0.5, 0.6) is 0 Å². The first-order valence-corrected chi connectivity index (χ1v) is 9.62. The van der Waals surface area contributed by atoms with Gasteiger partial charge in [0.15, 0.2) is 10.8 Å². The van der Waals surface area contributed by atoms with Gasteiger partial charge in [0.1, 0.15) is 0 Å². The number of amides is 1. The van der Waals surface area contributed by atoms with Gasteiger partial charge in [-0.05, 0) is 36.5 Å². The molecule has 27 heavy (non-hydrogen) atoms. The van der Waals surface area contributed by atoms with Gasteiger partial charge < -0.3 is 5.32 Å². The largest absolute Gasteiger partial charge is 0.358 e. The molecule has 0 saturated heterocycles. The van der Waals surface area contributed by atoms with Gasteiger partial charge in [0.05, 0.1) is 5.39 Å². The molecule has 0 bridgehead atoms. The Morgan fingerprint density at radius 3 is 2.63 bits per heavy atom. The zero-order valence-electron chi connectivity index (χ0n) is 15.8. The molecule has 0 radical (unpaired) electrons. The van der Waals surface area contributed by atoms with E-state index in [1.807, 2.05) is 0 Å². The third-order valence-corrected chi connectivity index (χ3v) is 5.70. The molecule has 1 saturated carbocycles. The number of fused-ring (bicyclic) bond motifs is 1. The number of carbonyl (C=O) groups is 1. The molecule has 1 fully saturated rings. The van der Waals surface area contributed by atoms with Crippen LogP contribution >= 0.6 is 12.2 Å². The molecule has 1 aliphatic carbocycles. The Morgan fingerprint density at radius 2 is 1.89 bits per heavy atom. The first-order valence-electron chi connectivity index (χ1n) is 9.21. The van der Waals surface area contributed by atoms with Crippen LogP contribution in [0, 0.1) is 11.8 Å². The number of aryl methyl sites for hydroxylation is 1. The average Bonchev–Trinajstić information content (AvgIpc) is 2.66. The number of hydrogen-bond acceptors (Lipinski definition) is 4. The molecule has 1 heterocycles. The molecule has 0 unspecified atom stereocenters. The molecule has 3 rings (SSSR count). The van der Waals surface area contributed by atoms with Gasteiger partial charge in [-0.15, -0.1) is 0 Å². The molecule has 3 atom stereocenters. The van der Waals surface area contributed by atoms with Crippen molar-refractivity contribution in [3.63, 3.8) is 0 Å². The lowest BCUT2D eigenvalue weighted by molar-refractivity contribution is 0.0938. The van der Waals surface area contributed by atoms with Gasteiger partial charge in [0.25, 0.3) is 11.5 Å². The third-order valence-electron chi connectivity index (χ3n) is 5.48. The van der Waals surface area contributed by atoms with Crippen molar-refractivity contribution >= 4 is 34.0 Å². The SMILES string of the molecule is C[C@@H]1[C@@H](C)CCC[C@H]1NC(=S)NNC(=O)c1nn(C)c(=O)c2ccccc12. The van der Waals surface area contributed by atoms with Gasteiger partial charge in [-0.2, -0.15) is 5.10 Å². The van der Waals surface area contributed by atoms with E-state index in [1.165, 1.54) is 24.6 Å². The third kappa shape index (κ3) is 4.10. The molecule has 1 aromatic heterocycles. The molecule has 0 spiro atoms. The quantitative estimate of drug-likeness (QED) is 0.539. The van der Waals surface area contributed by atoms with Crippen LogP contribution in [0.2, 0.25) is 0 Å². The second-order valence-electron chi connectivity index (χ2n) is 7.25. The smallest absolute Gasteiger partial charge is 0.290 e. The lowest BCUT2D eigenvalue weighted by Gasteiger charge is -2.35. The second-order valence-corrected chi connectivity index (χ2v) is 7.66. The second kappa shape index (κ2) is 8.04. The molecule has 1 aliphatic rings. The van der Waals surface area contributed by atoms with Gasteiger partial charge >= 0.3 is 0 Å². The summed E-state index contributed by atoms with van der Waals surface area (Å²) in [6.07, 6.45) is 3.47. The fourth-order valence-electron chi connectivity index (χ4n) is 3.63. The minimum atomic E-state index is -0.448. The molecule has 7 nitrogen and oxygen atoms in total. The Morgan fingerprint density at radius 1 is 1.19 bits per heavy atom.